The quantitative estimate of drug-likeness (QED) is 0.437. The molecule has 172 valence electrons. The maximum Gasteiger partial charge on any atom is 0.204 e. The molecule has 0 bridgehead atoms. The SMILES string of the molecule is CCO[C@H]1CCN(Cc2c(OC)cc(C)c3[nH]ccc23)[C@H](c2ccc(-c3nn[nH]n3)cc2)C1. The summed E-state index contributed by atoms with van der Waals surface area (Å²) in [6, 6.07) is 13.0. The van der Waals surface area contributed by atoms with Gasteiger partial charge >= 0.3 is 0 Å². The number of aromatic nitrogens is 5. The van der Waals surface area contributed by atoms with Crippen molar-refractivity contribution < 1.29 is 9.47 Å². The molecule has 2 atom stereocenters. The summed E-state index contributed by atoms with van der Waals surface area (Å²) in [5.74, 6) is 1.55. The maximum atomic E-state index is 6.05. The van der Waals surface area contributed by atoms with Gasteiger partial charge in [0.1, 0.15) is 5.75 Å². The van der Waals surface area contributed by atoms with Gasteiger partial charge in [0.05, 0.1) is 13.2 Å². The van der Waals surface area contributed by atoms with E-state index in [2.05, 4.69) is 80.8 Å². The van der Waals surface area contributed by atoms with Crippen LogP contribution in [0, 0.1) is 6.92 Å². The van der Waals surface area contributed by atoms with E-state index in [9.17, 15) is 0 Å². The Morgan fingerprint density at radius 3 is 2.76 bits per heavy atom. The van der Waals surface area contributed by atoms with E-state index in [1.54, 1.807) is 7.11 Å². The van der Waals surface area contributed by atoms with E-state index in [1.807, 2.05) is 6.20 Å². The number of aryl methyl sites for hydroxylation is 1. The highest BCUT2D eigenvalue weighted by Crippen LogP contribution is 2.38. The second kappa shape index (κ2) is 9.33. The van der Waals surface area contributed by atoms with Crippen LogP contribution in [0.15, 0.2) is 42.6 Å². The first kappa shape index (κ1) is 21.6. The number of likely N-dealkylation sites (tertiary alicyclic amines) is 1. The highest BCUT2D eigenvalue weighted by Gasteiger charge is 2.31. The monoisotopic (exact) mass is 446 g/mol. The Labute approximate surface area is 193 Å². The molecule has 33 heavy (non-hydrogen) atoms. The van der Waals surface area contributed by atoms with Crippen molar-refractivity contribution in [2.45, 2.75) is 45.4 Å². The number of piperidine rings is 1. The molecule has 1 aliphatic heterocycles. The van der Waals surface area contributed by atoms with Gasteiger partial charge in [-0.15, -0.1) is 10.2 Å². The molecule has 2 aromatic heterocycles. The minimum absolute atomic E-state index is 0.245. The normalized spacial score (nSPS) is 19.2. The molecule has 1 aliphatic rings. The van der Waals surface area contributed by atoms with Crippen LogP contribution in [-0.2, 0) is 11.3 Å². The average molecular weight is 447 g/mol. The van der Waals surface area contributed by atoms with Crippen LogP contribution in [0.25, 0.3) is 22.3 Å². The molecule has 4 aromatic rings. The number of nitrogens with zero attached hydrogens (tertiary/aromatic N) is 4. The number of methoxy groups -OCH3 is 1. The molecule has 0 unspecified atom stereocenters. The molecule has 0 saturated carbocycles. The fraction of sp³-hybridized carbons (Fsp3) is 0.400. The summed E-state index contributed by atoms with van der Waals surface area (Å²) in [4.78, 5) is 5.94. The number of aromatic amines is 2. The largest absolute Gasteiger partial charge is 0.496 e. The van der Waals surface area contributed by atoms with Crippen molar-refractivity contribution in [3.8, 4) is 17.1 Å². The van der Waals surface area contributed by atoms with Crippen LogP contribution in [-0.4, -0.2) is 56.9 Å². The molecule has 1 fully saturated rings. The minimum Gasteiger partial charge on any atom is -0.496 e. The van der Waals surface area contributed by atoms with Crippen molar-refractivity contribution in [3.63, 3.8) is 0 Å². The zero-order valence-electron chi connectivity index (χ0n) is 19.3. The Morgan fingerprint density at radius 2 is 2.03 bits per heavy atom. The van der Waals surface area contributed by atoms with E-state index < -0.39 is 0 Å². The summed E-state index contributed by atoms with van der Waals surface area (Å²) in [6.45, 7) is 6.70. The first-order valence-electron chi connectivity index (χ1n) is 11.5. The van der Waals surface area contributed by atoms with Crippen LogP contribution in [0.4, 0.5) is 0 Å². The molecule has 2 N–H and O–H groups in total. The standard InChI is InChI=1S/C25H30N6O2/c1-4-33-19-10-12-31(15-21-20-9-11-26-24(20)16(2)13-23(21)32-3)22(14-19)17-5-7-18(8-6-17)25-27-29-30-28-25/h5-9,11,13,19,22,26H,4,10,12,14-15H2,1-3H3,(H,27,28,29,30)/t19-,22-/m0/s1. The van der Waals surface area contributed by atoms with Crippen LogP contribution < -0.4 is 4.74 Å². The third-order valence-corrected chi connectivity index (χ3v) is 6.66. The molecule has 2 aromatic carbocycles. The second-order valence-electron chi connectivity index (χ2n) is 8.59. The molecular weight excluding hydrogens is 416 g/mol. The Kier molecular flexibility index (Phi) is 6.11. The van der Waals surface area contributed by atoms with E-state index in [0.29, 0.717) is 5.82 Å². The van der Waals surface area contributed by atoms with E-state index in [4.69, 9.17) is 9.47 Å². The lowest BCUT2D eigenvalue weighted by atomic mass is 9.91. The summed E-state index contributed by atoms with van der Waals surface area (Å²) >= 11 is 0. The zero-order chi connectivity index (χ0) is 22.8. The van der Waals surface area contributed by atoms with Crippen LogP contribution in [0.3, 0.4) is 0 Å². The Morgan fingerprint density at radius 1 is 1.18 bits per heavy atom. The van der Waals surface area contributed by atoms with Gasteiger partial charge in [0, 0.05) is 54.0 Å². The predicted molar refractivity (Wildman–Crippen MR) is 127 cm³/mol. The molecule has 8 heteroatoms. The van der Waals surface area contributed by atoms with Crippen LogP contribution in [0.5, 0.6) is 5.75 Å². The third kappa shape index (κ3) is 4.24. The highest BCUT2D eigenvalue weighted by molar-refractivity contribution is 5.88. The van der Waals surface area contributed by atoms with Crippen molar-refractivity contribution in [2.75, 3.05) is 20.3 Å². The van der Waals surface area contributed by atoms with Gasteiger partial charge in [-0.05, 0) is 55.2 Å². The van der Waals surface area contributed by atoms with E-state index in [0.717, 1.165) is 43.9 Å². The minimum atomic E-state index is 0.245. The Hall–Kier alpha value is -3.23. The Bertz CT molecular complexity index is 1200. The van der Waals surface area contributed by atoms with Crippen molar-refractivity contribution in [1.82, 2.24) is 30.5 Å². The zero-order valence-corrected chi connectivity index (χ0v) is 19.3. The number of benzene rings is 2. The van der Waals surface area contributed by atoms with Gasteiger partial charge in [-0.1, -0.05) is 24.3 Å². The first-order valence-corrected chi connectivity index (χ1v) is 11.5. The van der Waals surface area contributed by atoms with Gasteiger partial charge in [0.15, 0.2) is 0 Å². The van der Waals surface area contributed by atoms with Crippen molar-refractivity contribution in [3.05, 3.63) is 59.3 Å². The van der Waals surface area contributed by atoms with Gasteiger partial charge in [-0.3, -0.25) is 4.90 Å². The van der Waals surface area contributed by atoms with Crippen molar-refractivity contribution >= 4 is 10.9 Å². The summed E-state index contributed by atoms with van der Waals surface area (Å²) in [7, 11) is 1.76. The maximum absolute atomic E-state index is 6.05. The topological polar surface area (TPSA) is 92.0 Å². The summed E-state index contributed by atoms with van der Waals surface area (Å²) in [5, 5.41) is 15.6. The van der Waals surface area contributed by atoms with Crippen LogP contribution >= 0.6 is 0 Å². The van der Waals surface area contributed by atoms with Gasteiger partial charge in [-0.2, -0.15) is 5.21 Å². The van der Waals surface area contributed by atoms with E-state index >= 15 is 0 Å². The number of hydrogen-bond donors (Lipinski definition) is 2. The van der Waals surface area contributed by atoms with E-state index in [1.165, 1.54) is 27.6 Å². The molecule has 0 spiro atoms. The molecule has 0 amide bonds. The third-order valence-electron chi connectivity index (χ3n) is 6.66. The molecule has 3 heterocycles. The lowest BCUT2D eigenvalue weighted by Crippen LogP contribution is -2.39. The Balaban J connectivity index is 1.48. The van der Waals surface area contributed by atoms with Gasteiger partial charge in [0.2, 0.25) is 5.82 Å². The summed E-state index contributed by atoms with van der Waals surface area (Å²) in [6.07, 6.45) is 4.26. The number of H-pyrrole nitrogens is 2. The lowest BCUT2D eigenvalue weighted by Gasteiger charge is -2.40. The van der Waals surface area contributed by atoms with Crippen molar-refractivity contribution in [2.24, 2.45) is 0 Å². The van der Waals surface area contributed by atoms with Gasteiger partial charge in [0.25, 0.3) is 0 Å². The number of hydrogen-bond acceptors (Lipinski definition) is 6. The number of nitrogens with one attached hydrogen (secondary N) is 2. The molecule has 0 aliphatic carbocycles. The number of ether oxygens (including phenoxy) is 2. The number of tetrazole rings is 1. The van der Waals surface area contributed by atoms with Gasteiger partial charge < -0.3 is 14.5 Å². The van der Waals surface area contributed by atoms with Gasteiger partial charge in [-0.25, -0.2) is 0 Å². The molecule has 8 nitrogen and oxygen atoms in total. The fourth-order valence-corrected chi connectivity index (χ4v) is 5.03. The first-order chi connectivity index (χ1) is 16.2. The van der Waals surface area contributed by atoms with Crippen LogP contribution in [0.1, 0.15) is 42.5 Å². The highest BCUT2D eigenvalue weighted by atomic mass is 16.5. The fourth-order valence-electron chi connectivity index (χ4n) is 5.03. The van der Waals surface area contributed by atoms with E-state index in [-0.39, 0.29) is 12.1 Å². The lowest BCUT2D eigenvalue weighted by molar-refractivity contribution is -0.0138. The predicted octanol–water partition coefficient (Wildman–Crippen LogP) is 4.41. The molecule has 5 rings (SSSR count). The summed E-state index contributed by atoms with van der Waals surface area (Å²) in [5.41, 5.74) is 5.81. The molecule has 0 radical (unpaired) electrons. The summed E-state index contributed by atoms with van der Waals surface area (Å²) < 4.78 is 11.9. The molecular formula is C25H30N6O2. The number of rotatable bonds is 7. The number of fused-ring (bicyclic) bond motifs is 1. The molecule has 1 saturated heterocycles. The van der Waals surface area contributed by atoms with Crippen molar-refractivity contribution in [1.29, 1.82) is 0 Å². The second-order valence-corrected chi connectivity index (χ2v) is 8.59. The smallest absolute Gasteiger partial charge is 0.204 e. The van der Waals surface area contributed by atoms with Crippen LogP contribution in [0.2, 0.25) is 0 Å². The average Bonchev–Trinajstić information content (AvgIpc) is 3.55.